The minimum Gasteiger partial charge on any atom is -0.346 e. The highest BCUT2D eigenvalue weighted by atomic mass is 16.1. The zero-order valence-electron chi connectivity index (χ0n) is 16.1. The monoisotopic (exact) mass is 373 g/mol. The van der Waals surface area contributed by atoms with Crippen molar-refractivity contribution in [2.24, 2.45) is 17.8 Å². The third-order valence-corrected chi connectivity index (χ3v) is 6.69. The van der Waals surface area contributed by atoms with Gasteiger partial charge in [0.2, 0.25) is 5.91 Å². The summed E-state index contributed by atoms with van der Waals surface area (Å²) in [6.45, 7) is 0. The van der Waals surface area contributed by atoms with Crippen LogP contribution in [0.1, 0.15) is 49.5 Å². The van der Waals surface area contributed by atoms with Crippen LogP contribution >= 0.6 is 0 Å². The molecule has 5 rings (SSSR count). The number of aromatic nitrogens is 2. The van der Waals surface area contributed by atoms with Gasteiger partial charge in [0, 0.05) is 6.42 Å². The smallest absolute Gasteiger partial charge is 0.220 e. The number of hydrogen-bond donors (Lipinski definition) is 2. The topological polar surface area (TPSA) is 57.8 Å². The number of hydrogen-bond acceptors (Lipinski definition) is 2. The van der Waals surface area contributed by atoms with Crippen molar-refractivity contribution in [1.82, 2.24) is 15.3 Å². The second-order valence-corrected chi connectivity index (χ2v) is 8.59. The number of para-hydroxylation sites is 2. The Morgan fingerprint density at radius 2 is 1.89 bits per heavy atom. The van der Waals surface area contributed by atoms with Crippen LogP contribution in [-0.2, 0) is 11.2 Å². The van der Waals surface area contributed by atoms with Crippen LogP contribution < -0.4 is 5.32 Å². The number of nitrogens with zero attached hydrogens (tertiary/aromatic N) is 1. The Morgan fingerprint density at radius 3 is 2.64 bits per heavy atom. The molecule has 144 valence electrons. The van der Waals surface area contributed by atoms with Gasteiger partial charge in [-0.25, -0.2) is 4.98 Å². The molecule has 1 aromatic heterocycles. The first-order valence-corrected chi connectivity index (χ1v) is 10.5. The number of benzene rings is 2. The van der Waals surface area contributed by atoms with E-state index in [9.17, 15) is 4.79 Å². The highest BCUT2D eigenvalue weighted by Gasteiger charge is 2.40. The largest absolute Gasteiger partial charge is 0.346 e. The van der Waals surface area contributed by atoms with E-state index in [1.54, 1.807) is 0 Å². The van der Waals surface area contributed by atoms with Crippen molar-refractivity contribution in [3.8, 4) is 0 Å². The van der Waals surface area contributed by atoms with E-state index in [1.165, 1.54) is 31.2 Å². The van der Waals surface area contributed by atoms with Crippen molar-refractivity contribution in [1.29, 1.82) is 0 Å². The van der Waals surface area contributed by atoms with Gasteiger partial charge in [-0.2, -0.15) is 0 Å². The standard InChI is InChI=1S/C24H27N3O/c28-23(15-19-13-17-10-11-18(19)12-17)25-22(14-16-6-2-1-3-7-16)24-26-20-8-4-5-9-21(20)27-24/h1-9,17-19,22H,10-15H2,(H,25,28)(H,26,27)/t17-,18-,19+,22-/m0/s1. The minimum atomic E-state index is -0.138. The number of imidazole rings is 1. The molecule has 4 nitrogen and oxygen atoms in total. The molecule has 0 aliphatic heterocycles. The average Bonchev–Trinajstić information content (AvgIpc) is 3.43. The van der Waals surface area contributed by atoms with Gasteiger partial charge in [-0.05, 0) is 61.1 Å². The number of nitrogens with one attached hydrogen (secondary N) is 2. The molecule has 2 saturated carbocycles. The molecule has 28 heavy (non-hydrogen) atoms. The maximum Gasteiger partial charge on any atom is 0.220 e. The van der Waals surface area contributed by atoms with E-state index in [0.717, 1.165) is 35.1 Å². The molecule has 0 radical (unpaired) electrons. The average molecular weight is 374 g/mol. The summed E-state index contributed by atoms with van der Waals surface area (Å²) in [6.07, 6.45) is 6.68. The Hall–Kier alpha value is -2.62. The SMILES string of the molecule is O=C(C[C@H]1C[C@H]2CC[C@H]1C2)N[C@@H](Cc1ccccc1)c1nc2ccccc2[nH]1. The minimum absolute atomic E-state index is 0.138. The van der Waals surface area contributed by atoms with Crippen molar-refractivity contribution in [2.75, 3.05) is 0 Å². The zero-order valence-corrected chi connectivity index (χ0v) is 16.1. The molecule has 2 N–H and O–H groups in total. The van der Waals surface area contributed by atoms with E-state index >= 15 is 0 Å². The van der Waals surface area contributed by atoms with Crippen molar-refractivity contribution < 1.29 is 4.79 Å². The van der Waals surface area contributed by atoms with Crippen LogP contribution in [0, 0.1) is 17.8 Å². The van der Waals surface area contributed by atoms with Crippen LogP contribution in [0.4, 0.5) is 0 Å². The number of carbonyl (C=O) groups is 1. The fourth-order valence-electron chi connectivity index (χ4n) is 5.32. The van der Waals surface area contributed by atoms with Gasteiger partial charge in [0.25, 0.3) is 0 Å². The number of rotatable bonds is 6. The van der Waals surface area contributed by atoms with Gasteiger partial charge in [0.1, 0.15) is 5.82 Å². The lowest BCUT2D eigenvalue weighted by molar-refractivity contribution is -0.123. The highest BCUT2D eigenvalue weighted by Crippen LogP contribution is 2.49. The van der Waals surface area contributed by atoms with Gasteiger partial charge in [0.05, 0.1) is 17.1 Å². The van der Waals surface area contributed by atoms with Crippen molar-refractivity contribution in [3.63, 3.8) is 0 Å². The van der Waals surface area contributed by atoms with Gasteiger partial charge in [-0.15, -0.1) is 0 Å². The first-order chi connectivity index (χ1) is 13.7. The lowest BCUT2D eigenvalue weighted by atomic mass is 9.86. The molecule has 1 amide bonds. The zero-order chi connectivity index (χ0) is 18.9. The van der Waals surface area contributed by atoms with E-state index < -0.39 is 0 Å². The van der Waals surface area contributed by atoms with E-state index in [-0.39, 0.29) is 11.9 Å². The molecule has 2 aromatic carbocycles. The number of H-pyrrole nitrogens is 1. The number of aromatic amines is 1. The summed E-state index contributed by atoms with van der Waals surface area (Å²) in [5.74, 6) is 3.23. The summed E-state index contributed by atoms with van der Waals surface area (Å²) in [4.78, 5) is 21.1. The maximum absolute atomic E-state index is 12.9. The normalized spacial score (nSPS) is 24.5. The summed E-state index contributed by atoms with van der Waals surface area (Å²) < 4.78 is 0. The molecule has 2 bridgehead atoms. The van der Waals surface area contributed by atoms with Gasteiger partial charge in [-0.1, -0.05) is 48.9 Å². The summed E-state index contributed by atoms with van der Waals surface area (Å²) in [6, 6.07) is 18.2. The van der Waals surface area contributed by atoms with Crippen LogP contribution in [0.3, 0.4) is 0 Å². The fourth-order valence-corrected chi connectivity index (χ4v) is 5.32. The number of fused-ring (bicyclic) bond motifs is 3. The van der Waals surface area contributed by atoms with Crippen LogP contribution in [0.15, 0.2) is 54.6 Å². The highest BCUT2D eigenvalue weighted by molar-refractivity contribution is 5.78. The van der Waals surface area contributed by atoms with E-state index in [4.69, 9.17) is 4.98 Å². The molecule has 4 atom stereocenters. The Morgan fingerprint density at radius 1 is 1.07 bits per heavy atom. The predicted octanol–water partition coefficient (Wildman–Crippen LogP) is 4.79. The van der Waals surface area contributed by atoms with Crippen LogP contribution in [-0.4, -0.2) is 15.9 Å². The molecule has 0 unspecified atom stereocenters. The van der Waals surface area contributed by atoms with Crippen molar-refractivity contribution in [2.45, 2.75) is 44.6 Å². The number of amides is 1. The van der Waals surface area contributed by atoms with Crippen LogP contribution in [0.2, 0.25) is 0 Å². The first kappa shape index (κ1) is 17.5. The Labute approximate surface area is 165 Å². The fraction of sp³-hybridized carbons (Fsp3) is 0.417. The lowest BCUT2D eigenvalue weighted by Gasteiger charge is -2.23. The molecular weight excluding hydrogens is 346 g/mol. The predicted molar refractivity (Wildman–Crippen MR) is 111 cm³/mol. The quantitative estimate of drug-likeness (QED) is 0.653. The molecule has 2 aliphatic rings. The van der Waals surface area contributed by atoms with E-state index in [0.29, 0.717) is 12.3 Å². The Balaban J connectivity index is 1.35. The molecule has 0 saturated heterocycles. The molecule has 1 heterocycles. The molecular formula is C24H27N3O. The Kier molecular flexibility index (Phi) is 4.63. The molecule has 0 spiro atoms. The molecule has 3 aromatic rings. The second-order valence-electron chi connectivity index (χ2n) is 8.59. The van der Waals surface area contributed by atoms with Crippen LogP contribution in [0.5, 0.6) is 0 Å². The lowest BCUT2D eigenvalue weighted by Crippen LogP contribution is -2.32. The molecule has 2 aliphatic carbocycles. The third kappa shape index (κ3) is 3.56. The summed E-state index contributed by atoms with van der Waals surface area (Å²) in [5, 5.41) is 3.30. The molecule has 4 heteroatoms. The summed E-state index contributed by atoms with van der Waals surface area (Å²) in [5.41, 5.74) is 3.16. The van der Waals surface area contributed by atoms with Crippen LogP contribution in [0.25, 0.3) is 11.0 Å². The maximum atomic E-state index is 12.9. The van der Waals surface area contributed by atoms with E-state index in [1.807, 2.05) is 42.5 Å². The first-order valence-electron chi connectivity index (χ1n) is 10.5. The third-order valence-electron chi connectivity index (χ3n) is 6.69. The summed E-state index contributed by atoms with van der Waals surface area (Å²) >= 11 is 0. The van der Waals surface area contributed by atoms with Gasteiger partial charge < -0.3 is 10.3 Å². The van der Waals surface area contributed by atoms with E-state index in [2.05, 4.69) is 22.4 Å². The summed E-state index contributed by atoms with van der Waals surface area (Å²) in [7, 11) is 0. The van der Waals surface area contributed by atoms with Gasteiger partial charge >= 0.3 is 0 Å². The van der Waals surface area contributed by atoms with Gasteiger partial charge in [-0.3, -0.25) is 4.79 Å². The molecule has 2 fully saturated rings. The number of carbonyl (C=O) groups excluding carboxylic acids is 1. The Bertz CT molecular complexity index is 931. The van der Waals surface area contributed by atoms with Crippen molar-refractivity contribution >= 4 is 16.9 Å². The van der Waals surface area contributed by atoms with Crippen molar-refractivity contribution in [3.05, 3.63) is 66.0 Å². The van der Waals surface area contributed by atoms with Gasteiger partial charge in [0.15, 0.2) is 0 Å². The second kappa shape index (κ2) is 7.42.